The molecule has 0 aliphatic carbocycles. The van der Waals surface area contributed by atoms with Crippen molar-refractivity contribution in [2.75, 3.05) is 32.0 Å². The van der Waals surface area contributed by atoms with E-state index in [-0.39, 0.29) is 54.3 Å². The quantitative estimate of drug-likeness (QED) is 0.251. The van der Waals surface area contributed by atoms with Crippen molar-refractivity contribution >= 4 is 52.3 Å². The summed E-state index contributed by atoms with van der Waals surface area (Å²) >= 11 is 2.58. The number of amides is 4. The SMILES string of the molecule is CNc1ncc(C(=O)N2CCCNC(=O)c3csc(n3)[C@H](C(C)C)NC(=O)c3csc(n3)[C@H](Cc3ccccc3)NC(=O)C2)cn1. The van der Waals surface area contributed by atoms with Crippen LogP contribution in [0.4, 0.5) is 5.95 Å². The van der Waals surface area contributed by atoms with Crippen LogP contribution in [0.15, 0.2) is 53.5 Å². The Kier molecular flexibility index (Phi) is 10.6. The summed E-state index contributed by atoms with van der Waals surface area (Å²) in [4.78, 5) is 72.2. The molecule has 13 nitrogen and oxygen atoms in total. The van der Waals surface area contributed by atoms with E-state index in [2.05, 4.69) is 41.2 Å². The number of aromatic nitrogens is 4. The predicted octanol–water partition coefficient (Wildman–Crippen LogP) is 3.23. The number of benzene rings is 1. The number of carbonyl (C=O) groups is 4. The molecular formula is C31H35N9O4S2. The fourth-order valence-corrected chi connectivity index (χ4v) is 6.71. The van der Waals surface area contributed by atoms with Crippen LogP contribution in [0, 0.1) is 5.92 Å². The van der Waals surface area contributed by atoms with Crippen molar-refractivity contribution in [3.8, 4) is 0 Å². The van der Waals surface area contributed by atoms with Crippen LogP contribution < -0.4 is 21.3 Å². The monoisotopic (exact) mass is 661 g/mol. The number of rotatable bonds is 5. The van der Waals surface area contributed by atoms with Gasteiger partial charge in [-0.05, 0) is 24.3 Å². The molecule has 3 aromatic heterocycles. The molecule has 0 saturated carbocycles. The lowest BCUT2D eigenvalue weighted by atomic mass is 10.0. The van der Waals surface area contributed by atoms with Crippen molar-refractivity contribution in [2.24, 2.45) is 5.92 Å². The average Bonchev–Trinajstić information content (AvgIpc) is 3.75. The zero-order valence-corrected chi connectivity index (χ0v) is 27.3. The number of anilines is 1. The van der Waals surface area contributed by atoms with Gasteiger partial charge in [-0.15, -0.1) is 22.7 Å². The summed E-state index contributed by atoms with van der Waals surface area (Å²) in [5.41, 5.74) is 1.65. The second-order valence-electron chi connectivity index (χ2n) is 11.0. The van der Waals surface area contributed by atoms with Gasteiger partial charge in [-0.3, -0.25) is 19.2 Å². The molecule has 0 saturated heterocycles. The maximum atomic E-state index is 13.6. The minimum Gasteiger partial charge on any atom is -0.357 e. The van der Waals surface area contributed by atoms with E-state index in [4.69, 9.17) is 0 Å². The Morgan fingerprint density at radius 3 is 2.35 bits per heavy atom. The first-order valence-corrected chi connectivity index (χ1v) is 16.6. The lowest BCUT2D eigenvalue weighted by molar-refractivity contribution is -0.122. The van der Waals surface area contributed by atoms with Gasteiger partial charge in [0.15, 0.2) is 0 Å². The van der Waals surface area contributed by atoms with Gasteiger partial charge in [0.25, 0.3) is 17.7 Å². The van der Waals surface area contributed by atoms with E-state index < -0.39 is 23.9 Å². The molecule has 1 aliphatic heterocycles. The van der Waals surface area contributed by atoms with Gasteiger partial charge in [-0.1, -0.05) is 44.2 Å². The van der Waals surface area contributed by atoms with Gasteiger partial charge in [0.2, 0.25) is 11.9 Å². The zero-order chi connectivity index (χ0) is 32.6. The highest BCUT2D eigenvalue weighted by Crippen LogP contribution is 2.27. The first-order chi connectivity index (χ1) is 22.2. The third-order valence-corrected chi connectivity index (χ3v) is 9.17. The summed E-state index contributed by atoms with van der Waals surface area (Å²) in [6.45, 7) is 4.10. The number of fused-ring (bicyclic) bond motifs is 4. The maximum absolute atomic E-state index is 13.6. The normalized spacial score (nSPS) is 18.1. The first kappa shape index (κ1) is 32.6. The minimum absolute atomic E-state index is 0.00768. The topological polar surface area (TPSA) is 171 Å². The van der Waals surface area contributed by atoms with Crippen molar-refractivity contribution in [2.45, 2.75) is 38.8 Å². The molecule has 1 aromatic carbocycles. The molecule has 15 heteroatoms. The van der Waals surface area contributed by atoms with Crippen LogP contribution in [0.5, 0.6) is 0 Å². The molecule has 0 unspecified atom stereocenters. The Morgan fingerprint density at radius 1 is 0.978 bits per heavy atom. The minimum atomic E-state index is -0.555. The standard InChI is InChI=1S/C31H35N9O4S2/c1-18(2)25-29-38-22(16-46-29)26(42)33-10-7-11-40(30(44)20-13-34-31(32-3)35-14-20)15-24(41)36-21(12-19-8-5-4-6-9-19)28-37-23(17-45-28)27(43)39-25/h4-6,8-9,13-14,16-18,21,25H,7,10-12,15H2,1-3H3,(H,33,42)(H,36,41)(H,39,43)(H,32,34,35)/t21-,25-/m0/s1. The van der Waals surface area contributed by atoms with E-state index in [1.165, 1.54) is 40.0 Å². The molecule has 4 bridgehead atoms. The largest absolute Gasteiger partial charge is 0.357 e. The summed E-state index contributed by atoms with van der Waals surface area (Å²) in [5.74, 6) is -1.22. The molecule has 240 valence electrons. The summed E-state index contributed by atoms with van der Waals surface area (Å²) in [6.07, 6.45) is 3.61. The second-order valence-corrected chi connectivity index (χ2v) is 12.8. The number of nitrogens with zero attached hydrogens (tertiary/aromatic N) is 5. The Hall–Kier alpha value is -4.76. The summed E-state index contributed by atoms with van der Waals surface area (Å²) < 4.78 is 0. The van der Waals surface area contributed by atoms with E-state index in [1.807, 2.05) is 44.2 Å². The van der Waals surface area contributed by atoms with Crippen LogP contribution in [0.1, 0.15) is 79.3 Å². The smallest absolute Gasteiger partial charge is 0.271 e. The van der Waals surface area contributed by atoms with Gasteiger partial charge < -0.3 is 26.2 Å². The third kappa shape index (κ3) is 8.09. The number of hydrogen-bond donors (Lipinski definition) is 4. The van der Waals surface area contributed by atoms with Crippen molar-refractivity contribution in [1.29, 1.82) is 0 Å². The van der Waals surface area contributed by atoms with E-state index in [0.717, 1.165) is 5.56 Å². The summed E-state index contributed by atoms with van der Waals surface area (Å²) in [6, 6.07) is 8.66. The number of hydrogen-bond acceptors (Lipinski definition) is 11. The van der Waals surface area contributed by atoms with E-state index in [1.54, 1.807) is 17.8 Å². The Labute approximate surface area is 274 Å². The third-order valence-electron chi connectivity index (χ3n) is 7.28. The van der Waals surface area contributed by atoms with Gasteiger partial charge in [-0.2, -0.15) is 0 Å². The van der Waals surface area contributed by atoms with Gasteiger partial charge in [0, 0.05) is 43.3 Å². The van der Waals surface area contributed by atoms with Crippen LogP contribution in [-0.2, 0) is 11.2 Å². The molecule has 46 heavy (non-hydrogen) atoms. The molecule has 4 heterocycles. The molecule has 0 spiro atoms. The highest BCUT2D eigenvalue weighted by atomic mass is 32.1. The molecule has 0 fully saturated rings. The number of carbonyl (C=O) groups excluding carboxylic acids is 4. The van der Waals surface area contributed by atoms with Crippen molar-refractivity contribution < 1.29 is 19.2 Å². The van der Waals surface area contributed by atoms with Gasteiger partial charge in [-0.25, -0.2) is 19.9 Å². The molecule has 4 N–H and O–H groups in total. The van der Waals surface area contributed by atoms with Crippen molar-refractivity contribution in [3.05, 3.63) is 86.0 Å². The molecule has 4 amide bonds. The molecule has 4 aromatic rings. The van der Waals surface area contributed by atoms with Crippen molar-refractivity contribution in [1.82, 2.24) is 40.8 Å². The molecule has 2 atom stereocenters. The van der Waals surface area contributed by atoms with Gasteiger partial charge in [0.05, 0.1) is 24.2 Å². The van der Waals surface area contributed by atoms with Crippen LogP contribution in [0.2, 0.25) is 0 Å². The van der Waals surface area contributed by atoms with E-state index in [9.17, 15) is 19.2 Å². The first-order valence-electron chi connectivity index (χ1n) is 14.8. The summed E-state index contributed by atoms with van der Waals surface area (Å²) in [5, 5.41) is 16.2. The fraction of sp³-hybridized carbons (Fsp3) is 0.355. The fourth-order valence-electron chi connectivity index (χ4n) is 4.84. The van der Waals surface area contributed by atoms with Crippen LogP contribution in [0.3, 0.4) is 0 Å². The number of thiazole rings is 2. The molecular weight excluding hydrogens is 627 g/mol. The van der Waals surface area contributed by atoms with Crippen LogP contribution >= 0.6 is 22.7 Å². The number of nitrogens with one attached hydrogen (secondary N) is 4. The molecule has 5 rings (SSSR count). The van der Waals surface area contributed by atoms with Gasteiger partial charge >= 0.3 is 0 Å². The Morgan fingerprint density at radius 2 is 1.65 bits per heavy atom. The maximum Gasteiger partial charge on any atom is 0.271 e. The second kappa shape index (κ2) is 15.0. The lowest BCUT2D eigenvalue weighted by Crippen LogP contribution is -2.43. The van der Waals surface area contributed by atoms with Gasteiger partial charge in [0.1, 0.15) is 21.4 Å². The lowest BCUT2D eigenvalue weighted by Gasteiger charge is -2.24. The van der Waals surface area contributed by atoms with E-state index in [0.29, 0.717) is 28.8 Å². The van der Waals surface area contributed by atoms with Crippen LogP contribution in [-0.4, -0.2) is 75.1 Å². The Balaban J connectivity index is 1.46. The average molecular weight is 662 g/mol. The van der Waals surface area contributed by atoms with Crippen molar-refractivity contribution in [3.63, 3.8) is 0 Å². The Bertz CT molecular complexity index is 1670. The molecule has 0 radical (unpaired) electrons. The van der Waals surface area contributed by atoms with Crippen LogP contribution in [0.25, 0.3) is 0 Å². The molecule has 1 aliphatic rings. The highest BCUT2D eigenvalue weighted by Gasteiger charge is 2.28. The predicted molar refractivity (Wildman–Crippen MR) is 175 cm³/mol. The summed E-state index contributed by atoms with van der Waals surface area (Å²) in [7, 11) is 1.67. The van der Waals surface area contributed by atoms with E-state index >= 15 is 0 Å². The highest BCUT2D eigenvalue weighted by molar-refractivity contribution is 7.10. The zero-order valence-electron chi connectivity index (χ0n) is 25.6.